The number of hydrogen-bond donors (Lipinski definition) is 0. The van der Waals surface area contributed by atoms with E-state index in [2.05, 4.69) is 0 Å². The molecule has 0 fully saturated rings. The molecule has 0 bridgehead atoms. The van der Waals surface area contributed by atoms with Crippen LogP contribution in [0.3, 0.4) is 0 Å². The normalized spacial score (nSPS) is 11.8. The Bertz CT molecular complexity index is 604. The minimum Gasteiger partial charge on any atom is -0.682 e. The molecule has 0 aromatic heterocycles. The molecule has 25 heavy (non-hydrogen) atoms. The van der Waals surface area contributed by atoms with E-state index in [1.165, 1.54) is 24.3 Å². The number of benzene rings is 2. The van der Waals surface area contributed by atoms with Crippen molar-refractivity contribution in [3.63, 3.8) is 0 Å². The van der Waals surface area contributed by atoms with Crippen LogP contribution in [0.2, 0.25) is 0 Å². The summed E-state index contributed by atoms with van der Waals surface area (Å²) in [6.07, 6.45) is 0. The minimum atomic E-state index is -5.75. The van der Waals surface area contributed by atoms with E-state index in [4.69, 9.17) is 32.2 Å². The topological polar surface area (TPSA) is 111 Å². The maximum atomic E-state index is 12.9. The molecule has 2 aromatic carbocycles. The van der Waals surface area contributed by atoms with Crippen LogP contribution in [-0.4, -0.2) is 3.82 Å². The number of alkyl halides is 2. The van der Waals surface area contributed by atoms with Gasteiger partial charge in [0, 0.05) is 0 Å². The van der Waals surface area contributed by atoms with Gasteiger partial charge in [0.1, 0.15) is 0 Å². The second-order valence-corrected chi connectivity index (χ2v) is 10.7. The average Bonchev–Trinajstić information content (AvgIpc) is 2.48. The molecule has 0 aliphatic rings. The van der Waals surface area contributed by atoms with Crippen LogP contribution in [0.4, 0.5) is 0 Å². The molecule has 124 valence electrons. The molecule has 6 nitrogen and oxygen atoms in total. The van der Waals surface area contributed by atoms with Crippen LogP contribution in [0.1, 0.15) is 0 Å². The third kappa shape index (κ3) is 6.70. The van der Waals surface area contributed by atoms with E-state index in [0.717, 1.165) is 0 Å². The summed E-state index contributed by atoms with van der Waals surface area (Å²) in [7, 11) is -10.6. The van der Waals surface area contributed by atoms with E-state index in [1.54, 1.807) is 36.4 Å². The Morgan fingerprint density at radius 3 is 1.28 bits per heavy atom. The first-order valence-electron chi connectivity index (χ1n) is 6.15. The monoisotopic (exact) mass is 440 g/mol. The van der Waals surface area contributed by atoms with Crippen LogP contribution in [-0.2, 0) is 0 Å². The van der Waals surface area contributed by atoms with Gasteiger partial charge in [0.25, 0.3) is 0 Å². The first kappa shape index (κ1) is 26.3. The first-order chi connectivity index (χ1) is 10.7. The van der Waals surface area contributed by atoms with Crippen molar-refractivity contribution < 1.29 is 87.7 Å². The van der Waals surface area contributed by atoms with Gasteiger partial charge in [-0.05, 0) is 47.5 Å². The van der Waals surface area contributed by atoms with Gasteiger partial charge in [-0.2, -0.15) is 0 Å². The van der Waals surface area contributed by atoms with Gasteiger partial charge in [-0.3, -0.25) is 0 Å². The maximum absolute atomic E-state index is 12.9. The van der Waals surface area contributed by atoms with E-state index in [-0.39, 0.29) is 70.6 Å². The maximum Gasteiger partial charge on any atom is 1.00 e. The summed E-state index contributed by atoms with van der Waals surface area (Å²) in [6.45, 7) is 0. The van der Waals surface area contributed by atoms with E-state index in [9.17, 15) is 19.6 Å². The smallest absolute Gasteiger partial charge is 0.682 e. The zero-order valence-corrected chi connectivity index (χ0v) is 20.7. The van der Waals surface area contributed by atoms with Crippen LogP contribution in [0.25, 0.3) is 0 Å². The summed E-state index contributed by atoms with van der Waals surface area (Å²) in [5.74, 6) is -0.0446. The molecule has 0 saturated heterocycles. The van der Waals surface area contributed by atoms with Crippen LogP contribution in [0.5, 0.6) is 11.5 Å². The minimum absolute atomic E-state index is 0. The quantitative estimate of drug-likeness (QED) is 0.253. The van der Waals surface area contributed by atoms with E-state index in [0.29, 0.717) is 0 Å². The van der Waals surface area contributed by atoms with Gasteiger partial charge in [0.05, 0.1) is 0 Å². The van der Waals surface area contributed by atoms with Crippen molar-refractivity contribution >= 4 is 39.1 Å². The summed E-state index contributed by atoms with van der Waals surface area (Å²) >= 11 is 11.2. The zero-order chi connectivity index (χ0) is 17.1. The molecule has 2 aromatic rings. The first-order valence-corrected chi connectivity index (χ1v) is 9.99. The van der Waals surface area contributed by atoms with Crippen LogP contribution in [0.15, 0.2) is 60.7 Å². The van der Waals surface area contributed by atoms with Gasteiger partial charge in [0.2, 0.25) is 0 Å². The molecule has 0 aliphatic heterocycles. The molecule has 0 amide bonds. The number of hydrogen-bond acceptors (Lipinski definition) is 6. The van der Waals surface area contributed by atoms with Crippen molar-refractivity contribution in [3.8, 4) is 11.5 Å². The Kier molecular flexibility index (Phi) is 11.3. The Hall–Kier alpha value is 1.32. The Balaban J connectivity index is 0.00000288. The summed E-state index contributed by atoms with van der Waals surface area (Å²) in [4.78, 5) is 47.0. The molecule has 0 unspecified atom stereocenters. The van der Waals surface area contributed by atoms with Crippen molar-refractivity contribution in [2.45, 2.75) is 3.82 Å². The van der Waals surface area contributed by atoms with Crippen molar-refractivity contribution in [3.05, 3.63) is 60.7 Å². The van der Waals surface area contributed by atoms with E-state index < -0.39 is 19.7 Å². The molecule has 0 aliphatic carbocycles. The Morgan fingerprint density at radius 1 is 0.680 bits per heavy atom. The molecular weight excluding hydrogens is 431 g/mol. The SMILES string of the molecule is [Na+].[Na+].[O-][P+]([O-])([O-])C(Cl)(Cl)[P+]([O-])(Oc1ccccc1)Oc1ccccc1. The summed E-state index contributed by atoms with van der Waals surface area (Å²) in [5, 5.41) is 0. The molecule has 0 atom stereocenters. The molecule has 0 spiro atoms. The predicted molar refractivity (Wildman–Crippen MR) is 82.4 cm³/mol. The van der Waals surface area contributed by atoms with Gasteiger partial charge < -0.3 is 28.6 Å². The second-order valence-electron chi connectivity index (χ2n) is 4.31. The fourth-order valence-electron chi connectivity index (χ4n) is 1.52. The van der Waals surface area contributed by atoms with Gasteiger partial charge in [-0.15, -0.1) is 0 Å². The standard InChI is InChI=1S/C13H12Cl2O6P2.2Na/c14-13(15,22(16,17)18)23(19,20-11-7-3-1-4-8-11)21-12-9-5-2-6-10-12;;/h1-10H,(H2,16,17,18);;/q;2*+1/p-2. The molecule has 0 saturated carbocycles. The average molecular weight is 441 g/mol. The fraction of sp³-hybridized carbons (Fsp3) is 0.0769. The van der Waals surface area contributed by atoms with Gasteiger partial charge in [-0.1, -0.05) is 44.3 Å². The largest absolute Gasteiger partial charge is 1.00 e. The van der Waals surface area contributed by atoms with Gasteiger partial charge >= 0.3 is 70.9 Å². The summed E-state index contributed by atoms with van der Waals surface area (Å²) < 4.78 is 6.89. The van der Waals surface area contributed by atoms with Crippen molar-refractivity contribution in [1.29, 1.82) is 0 Å². The zero-order valence-electron chi connectivity index (χ0n) is 13.4. The van der Waals surface area contributed by atoms with Crippen molar-refractivity contribution in [2.24, 2.45) is 0 Å². The van der Waals surface area contributed by atoms with Crippen molar-refractivity contribution in [1.82, 2.24) is 0 Å². The predicted octanol–water partition coefficient (Wildman–Crippen LogP) is -4.79. The Morgan fingerprint density at radius 2 is 1.00 bits per heavy atom. The Labute approximate surface area is 200 Å². The van der Waals surface area contributed by atoms with Crippen LogP contribution < -0.4 is 87.7 Å². The third-order valence-electron chi connectivity index (χ3n) is 2.60. The van der Waals surface area contributed by atoms with Gasteiger partial charge in [-0.25, -0.2) is 0 Å². The molecule has 0 heterocycles. The summed E-state index contributed by atoms with van der Waals surface area (Å²) in [5.41, 5.74) is 0. The number of halogens is 2. The molecule has 2 rings (SSSR count). The number of rotatable bonds is 6. The summed E-state index contributed by atoms with van der Waals surface area (Å²) in [6, 6.07) is 15.0. The molecular formula is C13H10Cl2Na2O6P2. The van der Waals surface area contributed by atoms with Gasteiger partial charge in [0.15, 0.2) is 11.5 Å². The second kappa shape index (κ2) is 10.8. The third-order valence-corrected chi connectivity index (χ3v) is 8.77. The molecule has 12 heteroatoms. The fourth-order valence-corrected chi connectivity index (χ4v) is 4.43. The molecule has 0 radical (unpaired) electrons. The molecule has 0 N–H and O–H groups in total. The van der Waals surface area contributed by atoms with E-state index in [1.807, 2.05) is 0 Å². The van der Waals surface area contributed by atoms with E-state index >= 15 is 0 Å². The van der Waals surface area contributed by atoms with Crippen LogP contribution in [0, 0.1) is 0 Å². The van der Waals surface area contributed by atoms with Crippen molar-refractivity contribution in [2.75, 3.05) is 0 Å². The van der Waals surface area contributed by atoms with Crippen LogP contribution >= 0.6 is 39.1 Å². The number of para-hydroxylation sites is 2.